The number of likely N-dealkylation sites (tertiary alicyclic amines) is 1. The summed E-state index contributed by atoms with van der Waals surface area (Å²) >= 11 is 0. The summed E-state index contributed by atoms with van der Waals surface area (Å²) < 4.78 is 0. The molecule has 0 saturated carbocycles. The first-order valence-electron chi connectivity index (χ1n) is 10.4. The number of hydrogen-bond acceptors (Lipinski definition) is 7. The van der Waals surface area contributed by atoms with E-state index in [4.69, 9.17) is 11.5 Å². The summed E-state index contributed by atoms with van der Waals surface area (Å²) in [5.41, 5.74) is 11.5. The number of H-pyrrole nitrogens is 1. The molecule has 0 spiro atoms. The molecule has 3 amide bonds. The van der Waals surface area contributed by atoms with Gasteiger partial charge in [-0.05, 0) is 38.6 Å². The lowest BCUT2D eigenvalue weighted by Gasteiger charge is -2.26. The number of nitrogens with one attached hydrogen (secondary N) is 3. The Bertz CT molecular complexity index is 755. The number of carbonyl (C=O) groups is 4. The van der Waals surface area contributed by atoms with Crippen LogP contribution in [0.4, 0.5) is 0 Å². The number of imidazole rings is 1. The Morgan fingerprint density at radius 3 is 2.61 bits per heavy atom. The fourth-order valence-electron chi connectivity index (χ4n) is 3.57. The number of carboxylic acids is 1. The van der Waals surface area contributed by atoms with Crippen LogP contribution in [0.5, 0.6) is 0 Å². The number of rotatable bonds is 12. The molecule has 3 atom stereocenters. The highest BCUT2D eigenvalue weighted by atomic mass is 16.4. The van der Waals surface area contributed by atoms with E-state index in [2.05, 4.69) is 20.6 Å². The average Bonchev–Trinajstić information content (AvgIpc) is 3.43. The van der Waals surface area contributed by atoms with Crippen molar-refractivity contribution in [2.75, 3.05) is 19.6 Å². The predicted octanol–water partition coefficient (Wildman–Crippen LogP) is -1.91. The summed E-state index contributed by atoms with van der Waals surface area (Å²) in [5.74, 6) is -2.60. The van der Waals surface area contributed by atoms with Crippen molar-refractivity contribution >= 4 is 23.7 Å². The molecule has 2 rings (SSSR count). The molecule has 0 aromatic carbocycles. The van der Waals surface area contributed by atoms with Gasteiger partial charge in [0, 0.05) is 24.9 Å². The second-order valence-corrected chi connectivity index (χ2v) is 7.48. The second-order valence-electron chi connectivity index (χ2n) is 7.48. The van der Waals surface area contributed by atoms with Crippen molar-refractivity contribution in [1.29, 1.82) is 0 Å². The summed E-state index contributed by atoms with van der Waals surface area (Å²) in [5, 5.41) is 14.6. The Kier molecular flexibility index (Phi) is 9.40. The minimum absolute atomic E-state index is 0.0876. The first-order chi connectivity index (χ1) is 14.9. The molecule has 8 N–H and O–H groups in total. The molecule has 0 bridgehead atoms. The maximum atomic E-state index is 12.9. The third-order valence-electron chi connectivity index (χ3n) is 5.22. The van der Waals surface area contributed by atoms with Crippen LogP contribution in [0.3, 0.4) is 0 Å². The van der Waals surface area contributed by atoms with Crippen molar-refractivity contribution in [3.05, 3.63) is 18.2 Å². The molecule has 1 aliphatic heterocycles. The van der Waals surface area contributed by atoms with Crippen molar-refractivity contribution in [2.45, 2.75) is 56.7 Å². The fourth-order valence-corrected chi connectivity index (χ4v) is 3.57. The van der Waals surface area contributed by atoms with Crippen LogP contribution in [0.15, 0.2) is 12.5 Å². The van der Waals surface area contributed by atoms with Crippen molar-refractivity contribution < 1.29 is 24.3 Å². The van der Waals surface area contributed by atoms with Crippen molar-refractivity contribution in [3.8, 4) is 0 Å². The summed E-state index contributed by atoms with van der Waals surface area (Å²) in [7, 11) is 0. The first kappa shape index (κ1) is 24.3. The van der Waals surface area contributed by atoms with Gasteiger partial charge < -0.3 is 37.1 Å². The number of hydrogen-bond donors (Lipinski definition) is 6. The molecule has 3 unspecified atom stereocenters. The fraction of sp³-hybridized carbons (Fsp3) is 0.632. The normalized spacial score (nSPS) is 17.7. The van der Waals surface area contributed by atoms with E-state index in [1.54, 1.807) is 0 Å². The SMILES string of the molecule is NCCCCC(NC(=O)C(Cc1cnc[nH]1)NC(=O)C1CCCN1C(=O)CN)C(=O)O. The third-order valence-corrected chi connectivity index (χ3v) is 5.22. The van der Waals surface area contributed by atoms with E-state index in [0.29, 0.717) is 44.5 Å². The Morgan fingerprint density at radius 2 is 2.00 bits per heavy atom. The molecule has 12 nitrogen and oxygen atoms in total. The predicted molar refractivity (Wildman–Crippen MR) is 110 cm³/mol. The van der Waals surface area contributed by atoms with Gasteiger partial charge in [0.25, 0.3) is 0 Å². The zero-order valence-corrected chi connectivity index (χ0v) is 17.4. The number of nitrogens with two attached hydrogens (primary N) is 2. The van der Waals surface area contributed by atoms with Gasteiger partial charge in [-0.15, -0.1) is 0 Å². The van der Waals surface area contributed by atoms with Gasteiger partial charge in [0.1, 0.15) is 18.1 Å². The largest absolute Gasteiger partial charge is 0.480 e. The Hall–Kier alpha value is -2.99. The summed E-state index contributed by atoms with van der Waals surface area (Å²) in [6, 6.07) is -2.85. The molecular weight excluding hydrogens is 406 g/mol. The molecule has 1 aromatic rings. The van der Waals surface area contributed by atoms with Crippen molar-refractivity contribution in [2.24, 2.45) is 11.5 Å². The lowest BCUT2D eigenvalue weighted by Crippen LogP contribution is -2.56. The lowest BCUT2D eigenvalue weighted by molar-refractivity contribution is -0.143. The summed E-state index contributed by atoms with van der Waals surface area (Å²) in [4.78, 5) is 57.5. The smallest absolute Gasteiger partial charge is 0.326 e. The second kappa shape index (κ2) is 12.0. The Morgan fingerprint density at radius 1 is 1.23 bits per heavy atom. The quantitative estimate of drug-likeness (QED) is 0.203. The molecular formula is C19H31N7O5. The Balaban J connectivity index is 2.10. The van der Waals surface area contributed by atoms with Gasteiger partial charge in [0.05, 0.1) is 12.9 Å². The molecule has 31 heavy (non-hydrogen) atoms. The summed E-state index contributed by atoms with van der Waals surface area (Å²) in [6.07, 6.45) is 5.58. The van der Waals surface area contributed by atoms with E-state index in [-0.39, 0.29) is 25.3 Å². The minimum Gasteiger partial charge on any atom is -0.480 e. The maximum absolute atomic E-state index is 12.9. The van der Waals surface area contributed by atoms with E-state index in [1.165, 1.54) is 17.4 Å². The number of aromatic nitrogens is 2. The summed E-state index contributed by atoms with van der Waals surface area (Å²) in [6.45, 7) is 0.650. The van der Waals surface area contributed by atoms with Gasteiger partial charge >= 0.3 is 5.97 Å². The first-order valence-corrected chi connectivity index (χ1v) is 10.4. The number of aromatic amines is 1. The van der Waals surface area contributed by atoms with Gasteiger partial charge in [-0.2, -0.15) is 0 Å². The topological polar surface area (TPSA) is 197 Å². The van der Waals surface area contributed by atoms with Crippen LogP contribution in [0.1, 0.15) is 37.8 Å². The van der Waals surface area contributed by atoms with Gasteiger partial charge in [0.15, 0.2) is 0 Å². The number of nitrogens with zero attached hydrogens (tertiary/aromatic N) is 2. The highest BCUT2D eigenvalue weighted by Gasteiger charge is 2.36. The van der Waals surface area contributed by atoms with Crippen LogP contribution in [-0.2, 0) is 25.6 Å². The van der Waals surface area contributed by atoms with Crippen LogP contribution in [0.25, 0.3) is 0 Å². The number of unbranched alkanes of at least 4 members (excludes halogenated alkanes) is 1. The number of aliphatic carboxylic acids is 1. The molecule has 0 radical (unpaired) electrons. The monoisotopic (exact) mass is 437 g/mol. The van der Waals surface area contributed by atoms with Crippen molar-refractivity contribution in [1.82, 2.24) is 25.5 Å². The van der Waals surface area contributed by atoms with E-state index < -0.39 is 35.9 Å². The van der Waals surface area contributed by atoms with Gasteiger partial charge in [-0.25, -0.2) is 9.78 Å². The maximum Gasteiger partial charge on any atom is 0.326 e. The molecule has 12 heteroatoms. The molecule has 2 heterocycles. The van der Waals surface area contributed by atoms with E-state index in [0.717, 1.165) is 0 Å². The average molecular weight is 438 g/mol. The van der Waals surface area contributed by atoms with Crippen LogP contribution in [0, 0.1) is 0 Å². The van der Waals surface area contributed by atoms with Crippen LogP contribution in [0.2, 0.25) is 0 Å². The number of amides is 3. The molecule has 1 fully saturated rings. The molecule has 1 aromatic heterocycles. The molecule has 172 valence electrons. The van der Waals surface area contributed by atoms with E-state index in [1.807, 2.05) is 0 Å². The molecule has 1 aliphatic rings. The molecule has 1 saturated heterocycles. The molecule has 0 aliphatic carbocycles. The van der Waals surface area contributed by atoms with Crippen LogP contribution < -0.4 is 22.1 Å². The highest BCUT2D eigenvalue weighted by molar-refractivity contribution is 5.94. The van der Waals surface area contributed by atoms with Gasteiger partial charge in [-0.1, -0.05) is 0 Å². The number of carboxylic acid groups (broad SMARTS) is 1. The number of carbonyl (C=O) groups excluding carboxylic acids is 3. The van der Waals surface area contributed by atoms with Crippen LogP contribution >= 0.6 is 0 Å². The van der Waals surface area contributed by atoms with E-state index >= 15 is 0 Å². The van der Waals surface area contributed by atoms with E-state index in [9.17, 15) is 24.3 Å². The zero-order chi connectivity index (χ0) is 22.8. The van der Waals surface area contributed by atoms with Crippen LogP contribution in [-0.4, -0.2) is 81.4 Å². The van der Waals surface area contributed by atoms with Crippen molar-refractivity contribution in [3.63, 3.8) is 0 Å². The van der Waals surface area contributed by atoms with Gasteiger partial charge in [-0.3, -0.25) is 14.4 Å². The standard InChI is InChI=1S/C19H31N7O5/c20-6-2-1-4-13(19(30)31)24-17(28)14(8-12-10-22-11-23-12)25-18(29)15-5-3-7-26(15)16(27)9-21/h10-11,13-15H,1-9,20-21H2,(H,22,23)(H,24,28)(H,25,29)(H,30,31). The highest BCUT2D eigenvalue weighted by Crippen LogP contribution is 2.17. The minimum atomic E-state index is -1.16. The lowest BCUT2D eigenvalue weighted by atomic mass is 10.1. The Labute approximate surface area is 180 Å². The zero-order valence-electron chi connectivity index (χ0n) is 17.4. The third kappa shape index (κ3) is 7.03. The van der Waals surface area contributed by atoms with Gasteiger partial charge in [0.2, 0.25) is 17.7 Å².